The topological polar surface area (TPSA) is 82.7 Å². The van der Waals surface area contributed by atoms with Gasteiger partial charge < -0.3 is 10.8 Å². The number of rotatable bonds is 6. The number of amides is 1. The number of hydrogen-bond acceptors (Lipinski definition) is 6. The van der Waals surface area contributed by atoms with Gasteiger partial charge in [0, 0.05) is 55.8 Å². The minimum absolute atomic E-state index is 0.226. The zero-order valence-electron chi connectivity index (χ0n) is 13.5. The number of hydrogen-bond donors (Lipinski definition) is 2. The third-order valence-corrected chi connectivity index (χ3v) is 5.18. The fourth-order valence-electron chi connectivity index (χ4n) is 2.83. The molecular formula is C17H22N4O2S. The van der Waals surface area contributed by atoms with Crippen LogP contribution < -0.4 is 5.73 Å². The SMILES string of the molecule is NC(=O)c1ccc(-c2nc(CN3CCN(CCO)CC3)cs2)cc1. The summed E-state index contributed by atoms with van der Waals surface area (Å²) in [6, 6.07) is 7.24. The van der Waals surface area contributed by atoms with Gasteiger partial charge in [-0.25, -0.2) is 4.98 Å². The van der Waals surface area contributed by atoms with Crippen LogP contribution in [0.25, 0.3) is 10.6 Å². The van der Waals surface area contributed by atoms with Gasteiger partial charge >= 0.3 is 0 Å². The minimum atomic E-state index is -0.415. The Balaban J connectivity index is 1.59. The molecule has 24 heavy (non-hydrogen) atoms. The third-order valence-electron chi connectivity index (χ3n) is 4.23. The number of carbonyl (C=O) groups is 1. The maximum Gasteiger partial charge on any atom is 0.248 e. The monoisotopic (exact) mass is 346 g/mol. The molecule has 1 aromatic heterocycles. The van der Waals surface area contributed by atoms with Crippen LogP contribution in [0.3, 0.4) is 0 Å². The first-order chi connectivity index (χ1) is 11.7. The van der Waals surface area contributed by atoms with E-state index in [1.807, 2.05) is 12.1 Å². The molecule has 1 fully saturated rings. The molecule has 1 amide bonds. The number of aliphatic hydroxyl groups is 1. The largest absolute Gasteiger partial charge is 0.395 e. The number of nitrogens with two attached hydrogens (primary N) is 1. The molecular weight excluding hydrogens is 324 g/mol. The van der Waals surface area contributed by atoms with Crippen LogP contribution in [0, 0.1) is 0 Å². The Morgan fingerprint density at radius 1 is 1.17 bits per heavy atom. The second-order valence-corrected chi connectivity index (χ2v) is 6.79. The van der Waals surface area contributed by atoms with Crippen LogP contribution in [0.1, 0.15) is 16.1 Å². The molecule has 0 atom stereocenters. The summed E-state index contributed by atoms with van der Waals surface area (Å²) in [5, 5.41) is 12.0. The van der Waals surface area contributed by atoms with Crippen molar-refractivity contribution in [3.05, 3.63) is 40.9 Å². The van der Waals surface area contributed by atoms with E-state index in [0.717, 1.165) is 55.5 Å². The number of carbonyl (C=O) groups excluding carboxylic acids is 1. The quantitative estimate of drug-likeness (QED) is 0.816. The lowest BCUT2D eigenvalue weighted by atomic mass is 10.1. The van der Waals surface area contributed by atoms with Crippen molar-refractivity contribution >= 4 is 17.2 Å². The molecule has 1 saturated heterocycles. The van der Waals surface area contributed by atoms with Crippen molar-refractivity contribution in [3.63, 3.8) is 0 Å². The second kappa shape index (κ2) is 7.85. The predicted octanol–water partition coefficient (Wildman–Crippen LogP) is 1.02. The zero-order chi connectivity index (χ0) is 16.9. The van der Waals surface area contributed by atoms with Crippen molar-refractivity contribution in [1.29, 1.82) is 0 Å². The van der Waals surface area contributed by atoms with Gasteiger partial charge in [-0.3, -0.25) is 14.6 Å². The molecule has 6 nitrogen and oxygen atoms in total. The Hall–Kier alpha value is -1.80. The first-order valence-electron chi connectivity index (χ1n) is 8.06. The van der Waals surface area contributed by atoms with Gasteiger partial charge in [0.05, 0.1) is 12.3 Å². The van der Waals surface area contributed by atoms with E-state index in [9.17, 15) is 4.79 Å². The molecule has 7 heteroatoms. The number of primary amides is 1. The van der Waals surface area contributed by atoms with E-state index in [4.69, 9.17) is 15.8 Å². The highest BCUT2D eigenvalue weighted by molar-refractivity contribution is 7.13. The zero-order valence-corrected chi connectivity index (χ0v) is 14.3. The van der Waals surface area contributed by atoms with E-state index in [-0.39, 0.29) is 6.61 Å². The van der Waals surface area contributed by atoms with Gasteiger partial charge in [-0.2, -0.15) is 0 Å². The number of benzene rings is 1. The van der Waals surface area contributed by atoms with Crippen LogP contribution in [-0.4, -0.2) is 65.1 Å². The average molecular weight is 346 g/mol. The Kier molecular flexibility index (Phi) is 5.57. The van der Waals surface area contributed by atoms with Crippen LogP contribution in [0.2, 0.25) is 0 Å². The number of nitrogens with zero attached hydrogens (tertiary/aromatic N) is 3. The minimum Gasteiger partial charge on any atom is -0.395 e. The Bertz CT molecular complexity index is 678. The molecule has 0 radical (unpaired) electrons. The van der Waals surface area contributed by atoms with Gasteiger partial charge in [0.1, 0.15) is 5.01 Å². The number of piperazine rings is 1. The van der Waals surface area contributed by atoms with Crippen molar-refractivity contribution in [2.75, 3.05) is 39.3 Å². The van der Waals surface area contributed by atoms with Gasteiger partial charge in [-0.05, 0) is 12.1 Å². The van der Waals surface area contributed by atoms with E-state index in [1.54, 1.807) is 23.5 Å². The number of β-amino-alcohol motifs (C(OH)–C–C–N with tert-alkyl or cyclic N) is 1. The fraction of sp³-hybridized carbons (Fsp3) is 0.412. The molecule has 1 aliphatic heterocycles. The average Bonchev–Trinajstić information content (AvgIpc) is 3.05. The lowest BCUT2D eigenvalue weighted by Crippen LogP contribution is -2.46. The smallest absolute Gasteiger partial charge is 0.248 e. The Labute approximate surface area is 145 Å². The van der Waals surface area contributed by atoms with Crippen LogP contribution >= 0.6 is 11.3 Å². The molecule has 3 N–H and O–H groups in total. The highest BCUT2D eigenvalue weighted by Gasteiger charge is 2.17. The molecule has 0 unspecified atom stereocenters. The standard InChI is InChI=1S/C17H22N4O2S/c18-16(23)13-1-3-14(4-2-13)17-19-15(12-24-17)11-21-7-5-20(6-8-21)9-10-22/h1-4,12,22H,5-11H2,(H2,18,23). The summed E-state index contributed by atoms with van der Waals surface area (Å²) in [5.41, 5.74) is 7.85. The summed E-state index contributed by atoms with van der Waals surface area (Å²) in [4.78, 5) is 20.5. The summed E-state index contributed by atoms with van der Waals surface area (Å²) in [6.07, 6.45) is 0. The Morgan fingerprint density at radius 3 is 2.46 bits per heavy atom. The summed E-state index contributed by atoms with van der Waals surface area (Å²) in [6.45, 7) is 5.82. The van der Waals surface area contributed by atoms with Gasteiger partial charge in [-0.15, -0.1) is 11.3 Å². The molecule has 128 valence electrons. The normalized spacial score (nSPS) is 16.4. The van der Waals surface area contributed by atoms with Gasteiger partial charge in [0.15, 0.2) is 0 Å². The highest BCUT2D eigenvalue weighted by Crippen LogP contribution is 2.24. The van der Waals surface area contributed by atoms with Gasteiger partial charge in [-0.1, -0.05) is 12.1 Å². The third kappa shape index (κ3) is 4.18. The fourth-order valence-corrected chi connectivity index (χ4v) is 3.65. The first-order valence-corrected chi connectivity index (χ1v) is 8.94. The second-order valence-electron chi connectivity index (χ2n) is 5.93. The maximum atomic E-state index is 11.1. The molecule has 2 aromatic rings. The molecule has 2 heterocycles. The van der Waals surface area contributed by atoms with E-state index in [2.05, 4.69) is 15.2 Å². The van der Waals surface area contributed by atoms with Gasteiger partial charge in [0.2, 0.25) is 5.91 Å². The summed E-state index contributed by atoms with van der Waals surface area (Å²) < 4.78 is 0. The van der Waals surface area contributed by atoms with E-state index < -0.39 is 5.91 Å². The van der Waals surface area contributed by atoms with Crippen molar-refractivity contribution < 1.29 is 9.90 Å². The number of thiazole rings is 1. The number of aliphatic hydroxyl groups excluding tert-OH is 1. The summed E-state index contributed by atoms with van der Waals surface area (Å²) >= 11 is 1.62. The van der Waals surface area contributed by atoms with Crippen LogP contribution in [0.5, 0.6) is 0 Å². The number of aromatic nitrogens is 1. The van der Waals surface area contributed by atoms with Crippen LogP contribution in [0.15, 0.2) is 29.6 Å². The van der Waals surface area contributed by atoms with Crippen LogP contribution in [0.4, 0.5) is 0 Å². The lowest BCUT2D eigenvalue weighted by Gasteiger charge is -2.33. The van der Waals surface area contributed by atoms with E-state index in [0.29, 0.717) is 5.56 Å². The molecule has 1 aromatic carbocycles. The highest BCUT2D eigenvalue weighted by atomic mass is 32.1. The summed E-state index contributed by atoms with van der Waals surface area (Å²) in [7, 11) is 0. The lowest BCUT2D eigenvalue weighted by molar-refractivity contribution is 0.100. The molecule has 0 saturated carbocycles. The molecule has 0 aliphatic carbocycles. The summed E-state index contributed by atoms with van der Waals surface area (Å²) in [5.74, 6) is -0.415. The van der Waals surface area contributed by atoms with Crippen molar-refractivity contribution in [2.24, 2.45) is 5.73 Å². The molecule has 3 rings (SSSR count). The molecule has 1 aliphatic rings. The molecule has 0 bridgehead atoms. The van der Waals surface area contributed by atoms with Crippen molar-refractivity contribution in [2.45, 2.75) is 6.54 Å². The van der Waals surface area contributed by atoms with E-state index >= 15 is 0 Å². The van der Waals surface area contributed by atoms with Crippen molar-refractivity contribution in [1.82, 2.24) is 14.8 Å². The Morgan fingerprint density at radius 2 is 1.83 bits per heavy atom. The maximum absolute atomic E-state index is 11.1. The van der Waals surface area contributed by atoms with Crippen LogP contribution in [-0.2, 0) is 6.54 Å². The predicted molar refractivity (Wildman–Crippen MR) is 94.9 cm³/mol. The first kappa shape index (κ1) is 17.0. The van der Waals surface area contributed by atoms with Crippen molar-refractivity contribution in [3.8, 4) is 10.6 Å². The molecule has 0 spiro atoms. The van der Waals surface area contributed by atoms with Gasteiger partial charge in [0.25, 0.3) is 0 Å². The van der Waals surface area contributed by atoms with E-state index in [1.165, 1.54) is 0 Å².